The topological polar surface area (TPSA) is 46.2 Å². The van der Waals surface area contributed by atoms with Crippen LogP contribution in [0.5, 0.6) is 5.75 Å². The molecule has 5 rings (SSSR count). The first-order chi connectivity index (χ1) is 17.4. The maximum absolute atomic E-state index is 7.38. The van der Waals surface area contributed by atoms with Crippen LogP contribution in [0.2, 0.25) is 5.04 Å². The molecule has 0 saturated carbocycles. The fourth-order valence-electron chi connectivity index (χ4n) is 5.22. The maximum Gasteiger partial charge on any atom is 0.262 e. The zero-order chi connectivity index (χ0) is 25.2. The molecule has 0 aliphatic carbocycles. The van der Waals surface area contributed by atoms with Gasteiger partial charge in [0.25, 0.3) is 8.32 Å². The average molecular weight is 503 g/mol. The van der Waals surface area contributed by atoms with Crippen molar-refractivity contribution in [3.05, 3.63) is 103 Å². The Hall–Kier alpha value is -2.90. The zero-order valence-electron chi connectivity index (χ0n) is 21.3. The number of benzene rings is 3. The summed E-state index contributed by atoms with van der Waals surface area (Å²) in [6, 6.07) is 29.1. The summed E-state index contributed by atoms with van der Waals surface area (Å²) in [5.41, 5.74) is 0.938. The molecule has 3 aromatic carbocycles. The molecular weight excluding hydrogens is 468 g/mol. The summed E-state index contributed by atoms with van der Waals surface area (Å²) in [5, 5.41) is 2.33. The third-order valence-corrected chi connectivity index (χ3v) is 12.1. The van der Waals surface area contributed by atoms with Crippen molar-refractivity contribution >= 4 is 18.7 Å². The second-order valence-electron chi connectivity index (χ2n) is 10.3. The summed E-state index contributed by atoms with van der Waals surface area (Å²) in [7, 11) is -1.11. The summed E-state index contributed by atoms with van der Waals surface area (Å²) in [4.78, 5) is 0. The van der Waals surface area contributed by atoms with Crippen LogP contribution in [0.25, 0.3) is 0 Å². The Morgan fingerprint density at radius 3 is 2.00 bits per heavy atom. The number of methoxy groups -OCH3 is 1. The monoisotopic (exact) mass is 502 g/mol. The highest BCUT2D eigenvalue weighted by Gasteiger charge is 2.53. The van der Waals surface area contributed by atoms with Crippen LogP contribution in [0.4, 0.5) is 0 Å². The number of hydrogen-bond acceptors (Lipinski definition) is 5. The molecule has 0 aromatic heterocycles. The maximum atomic E-state index is 7.38. The lowest BCUT2D eigenvalue weighted by molar-refractivity contribution is -0.274. The first kappa shape index (κ1) is 24.8. The van der Waals surface area contributed by atoms with E-state index in [0.717, 1.165) is 11.3 Å². The Morgan fingerprint density at radius 2 is 1.44 bits per heavy atom. The minimum Gasteiger partial charge on any atom is -0.497 e. The van der Waals surface area contributed by atoms with Crippen molar-refractivity contribution in [2.75, 3.05) is 13.7 Å². The van der Waals surface area contributed by atoms with Crippen LogP contribution in [0.15, 0.2) is 97.3 Å². The van der Waals surface area contributed by atoms with E-state index in [1.165, 1.54) is 10.4 Å². The molecule has 36 heavy (non-hydrogen) atoms. The van der Waals surface area contributed by atoms with Gasteiger partial charge in [-0.1, -0.05) is 93.6 Å². The lowest BCUT2D eigenvalue weighted by Gasteiger charge is -2.48. The van der Waals surface area contributed by atoms with Crippen molar-refractivity contribution in [2.45, 2.75) is 50.4 Å². The molecule has 0 N–H and O–H groups in total. The molecule has 0 spiro atoms. The Kier molecular flexibility index (Phi) is 7.04. The van der Waals surface area contributed by atoms with Gasteiger partial charge in [-0.05, 0) is 33.6 Å². The van der Waals surface area contributed by atoms with E-state index < -0.39 is 14.6 Å². The van der Waals surface area contributed by atoms with Crippen molar-refractivity contribution in [2.24, 2.45) is 0 Å². The molecule has 0 unspecified atom stereocenters. The first-order valence-corrected chi connectivity index (χ1v) is 14.4. The van der Waals surface area contributed by atoms with Crippen LogP contribution in [0.3, 0.4) is 0 Å². The standard InChI is InChI=1S/C30H34O5Si/c1-30(2,3)36(24-11-7-5-8-12-24,25-13-9-6-10-14-25)35-26-19-20-32-27-21-33-29(34-28(26)27)22-15-17-23(31-4)18-16-22/h5-20,26-29H,21H2,1-4H3/t26-,27-,28+,29+/m1/s1. The molecule has 1 saturated heterocycles. The van der Waals surface area contributed by atoms with Gasteiger partial charge in [0.2, 0.25) is 0 Å². The van der Waals surface area contributed by atoms with Crippen molar-refractivity contribution in [3.63, 3.8) is 0 Å². The van der Waals surface area contributed by atoms with E-state index in [9.17, 15) is 0 Å². The predicted molar refractivity (Wildman–Crippen MR) is 143 cm³/mol. The van der Waals surface area contributed by atoms with Crippen LogP contribution in [-0.4, -0.2) is 40.3 Å². The smallest absolute Gasteiger partial charge is 0.262 e. The van der Waals surface area contributed by atoms with Gasteiger partial charge in [-0.15, -0.1) is 0 Å². The van der Waals surface area contributed by atoms with Crippen LogP contribution in [0, 0.1) is 0 Å². The molecule has 2 aliphatic heterocycles. The number of rotatable bonds is 6. The summed E-state index contributed by atoms with van der Waals surface area (Å²) < 4.78 is 31.2. The zero-order valence-corrected chi connectivity index (χ0v) is 22.3. The SMILES string of the molecule is COc1ccc([C@H]2OC[C@H]3OC=C[C@@H](O[Si](c4ccccc4)(c4ccccc4)C(C)(C)C)[C@@H]3O2)cc1. The highest BCUT2D eigenvalue weighted by Crippen LogP contribution is 2.40. The molecule has 0 bridgehead atoms. The van der Waals surface area contributed by atoms with Gasteiger partial charge < -0.3 is 23.4 Å². The first-order valence-electron chi connectivity index (χ1n) is 12.4. The Bertz CT molecular complexity index is 1120. The Morgan fingerprint density at radius 1 is 0.833 bits per heavy atom. The quantitative estimate of drug-likeness (QED) is 0.446. The van der Waals surface area contributed by atoms with Crippen molar-refractivity contribution in [1.29, 1.82) is 0 Å². The minimum absolute atomic E-state index is 0.141. The highest BCUT2D eigenvalue weighted by molar-refractivity contribution is 6.99. The van der Waals surface area contributed by atoms with E-state index in [-0.39, 0.29) is 23.4 Å². The van der Waals surface area contributed by atoms with Gasteiger partial charge in [0.05, 0.1) is 26.1 Å². The predicted octanol–water partition coefficient (Wildman–Crippen LogP) is 4.97. The molecule has 0 radical (unpaired) electrons. The van der Waals surface area contributed by atoms with Crippen LogP contribution in [0.1, 0.15) is 32.6 Å². The fourth-order valence-corrected chi connectivity index (χ4v) is 9.86. The molecule has 188 valence electrons. The molecule has 6 heteroatoms. The van der Waals surface area contributed by atoms with E-state index in [1.54, 1.807) is 13.4 Å². The normalized spacial score (nSPS) is 24.0. The second-order valence-corrected chi connectivity index (χ2v) is 14.5. The third-order valence-electron chi connectivity index (χ3n) is 7.02. The minimum atomic E-state index is -2.77. The van der Waals surface area contributed by atoms with E-state index in [1.807, 2.05) is 30.3 Å². The average Bonchev–Trinajstić information content (AvgIpc) is 2.92. The Labute approximate surface area is 214 Å². The third kappa shape index (κ3) is 4.62. The van der Waals surface area contributed by atoms with Gasteiger partial charge in [0.1, 0.15) is 11.9 Å². The number of hydrogen-bond donors (Lipinski definition) is 0. The van der Waals surface area contributed by atoms with Crippen molar-refractivity contribution < 1.29 is 23.4 Å². The molecule has 0 amide bonds. The van der Waals surface area contributed by atoms with Gasteiger partial charge in [0.15, 0.2) is 12.4 Å². The molecule has 2 aliphatic rings. The lowest BCUT2D eigenvalue weighted by atomic mass is 10.0. The van der Waals surface area contributed by atoms with Gasteiger partial charge >= 0.3 is 0 Å². The molecule has 4 atom stereocenters. The molecule has 3 aromatic rings. The van der Waals surface area contributed by atoms with Gasteiger partial charge in [-0.25, -0.2) is 0 Å². The van der Waals surface area contributed by atoms with E-state index in [0.29, 0.717) is 6.61 Å². The second kappa shape index (κ2) is 10.2. The van der Waals surface area contributed by atoms with Crippen LogP contribution >= 0.6 is 0 Å². The largest absolute Gasteiger partial charge is 0.497 e. The van der Waals surface area contributed by atoms with Crippen molar-refractivity contribution in [3.8, 4) is 5.75 Å². The van der Waals surface area contributed by atoms with Gasteiger partial charge in [0, 0.05) is 5.56 Å². The van der Waals surface area contributed by atoms with E-state index >= 15 is 0 Å². The summed E-state index contributed by atoms with van der Waals surface area (Å²) >= 11 is 0. The van der Waals surface area contributed by atoms with E-state index in [4.69, 9.17) is 23.4 Å². The highest BCUT2D eigenvalue weighted by atomic mass is 28.4. The molecule has 1 fully saturated rings. The van der Waals surface area contributed by atoms with Crippen LogP contribution in [-0.2, 0) is 18.6 Å². The fraction of sp³-hybridized carbons (Fsp3) is 0.333. The van der Waals surface area contributed by atoms with Gasteiger partial charge in [-0.2, -0.15) is 0 Å². The summed E-state index contributed by atoms with van der Waals surface area (Å²) in [6.45, 7) is 7.27. The molecule has 2 heterocycles. The van der Waals surface area contributed by atoms with Crippen molar-refractivity contribution in [1.82, 2.24) is 0 Å². The van der Waals surface area contributed by atoms with Gasteiger partial charge in [-0.3, -0.25) is 0 Å². The summed E-state index contributed by atoms with van der Waals surface area (Å²) in [5.74, 6) is 0.796. The lowest BCUT2D eigenvalue weighted by Crippen LogP contribution is -2.69. The van der Waals surface area contributed by atoms with Crippen LogP contribution < -0.4 is 15.1 Å². The number of ether oxygens (including phenoxy) is 4. The molecule has 5 nitrogen and oxygen atoms in total. The number of fused-ring (bicyclic) bond motifs is 1. The molecular formula is C30H34O5Si. The summed E-state index contributed by atoms with van der Waals surface area (Å²) in [6.07, 6.45) is 2.39. The van der Waals surface area contributed by atoms with E-state index in [2.05, 4.69) is 81.4 Å². The Balaban J connectivity index is 1.52.